The minimum atomic E-state index is -0.662. The lowest BCUT2D eigenvalue weighted by atomic mass is 10.0. The summed E-state index contributed by atoms with van der Waals surface area (Å²) in [6.07, 6.45) is 109. The van der Waals surface area contributed by atoms with Crippen LogP contribution in [0.15, 0.2) is 24.3 Å². The van der Waals surface area contributed by atoms with E-state index in [2.05, 4.69) is 43.5 Å². The van der Waals surface area contributed by atoms with Crippen LogP contribution in [0, 0.1) is 0 Å². The number of unbranched alkanes of at least 4 members (excludes halogenated alkanes) is 68. The molecule has 0 radical (unpaired) electrons. The van der Waals surface area contributed by atoms with Crippen LogP contribution in [0.1, 0.15) is 502 Å². The van der Waals surface area contributed by atoms with E-state index in [0.717, 1.165) is 44.9 Å². The summed E-state index contributed by atoms with van der Waals surface area (Å²) in [6, 6.07) is -0.539. The van der Waals surface area contributed by atoms with E-state index in [4.69, 9.17) is 4.74 Å². The molecule has 2 atom stereocenters. The molecule has 0 aromatic rings. The summed E-state index contributed by atoms with van der Waals surface area (Å²) in [5, 5.41) is 23.5. The number of esters is 1. The van der Waals surface area contributed by atoms with Crippen molar-refractivity contribution in [1.82, 2.24) is 5.32 Å². The van der Waals surface area contributed by atoms with E-state index >= 15 is 0 Å². The van der Waals surface area contributed by atoms with E-state index in [1.807, 2.05) is 0 Å². The molecule has 6 heteroatoms. The molecule has 0 rings (SSSR count). The largest absolute Gasteiger partial charge is 0.466 e. The van der Waals surface area contributed by atoms with Gasteiger partial charge in [-0.3, -0.25) is 9.59 Å². The second-order valence-corrected chi connectivity index (χ2v) is 30.2. The van der Waals surface area contributed by atoms with Crippen molar-refractivity contribution in [3.8, 4) is 0 Å². The molecule has 6 nitrogen and oxygen atoms in total. The fourth-order valence-corrected chi connectivity index (χ4v) is 14.1. The fraction of sp³-hybridized carbons (Fsp3) is 0.932. The minimum Gasteiger partial charge on any atom is -0.466 e. The van der Waals surface area contributed by atoms with Gasteiger partial charge in [0.2, 0.25) is 5.91 Å². The summed E-state index contributed by atoms with van der Waals surface area (Å²) in [5.41, 5.74) is 0. The molecule has 0 aromatic heterocycles. The second-order valence-electron chi connectivity index (χ2n) is 30.2. The molecule has 0 spiro atoms. The van der Waals surface area contributed by atoms with Gasteiger partial charge in [0.1, 0.15) is 0 Å². The van der Waals surface area contributed by atoms with Crippen LogP contribution < -0.4 is 5.32 Å². The van der Waals surface area contributed by atoms with Gasteiger partial charge in [-0.05, 0) is 77.0 Å². The lowest BCUT2D eigenvalue weighted by Gasteiger charge is -2.22. The average molecular weight is 1320 g/mol. The van der Waals surface area contributed by atoms with E-state index < -0.39 is 12.1 Å². The van der Waals surface area contributed by atoms with Crippen LogP contribution in [0.5, 0.6) is 0 Å². The Hall–Kier alpha value is -1.66. The van der Waals surface area contributed by atoms with E-state index in [1.165, 1.54) is 424 Å². The molecule has 3 N–H and O–H groups in total. The summed E-state index contributed by atoms with van der Waals surface area (Å²) >= 11 is 0. The predicted octanol–water partition coefficient (Wildman–Crippen LogP) is 29.2. The van der Waals surface area contributed by atoms with E-state index in [1.54, 1.807) is 0 Å². The third-order valence-electron chi connectivity index (χ3n) is 20.7. The maximum Gasteiger partial charge on any atom is 0.305 e. The van der Waals surface area contributed by atoms with Crippen molar-refractivity contribution in [2.24, 2.45) is 0 Å². The Bertz CT molecular complexity index is 1480. The van der Waals surface area contributed by atoms with Crippen LogP contribution in [0.4, 0.5) is 0 Å². The van der Waals surface area contributed by atoms with Gasteiger partial charge >= 0.3 is 5.97 Å². The normalized spacial score (nSPS) is 12.5. The van der Waals surface area contributed by atoms with Gasteiger partial charge in [0.05, 0.1) is 25.4 Å². The number of aliphatic hydroxyl groups is 2. The first-order valence-electron chi connectivity index (χ1n) is 43.6. The highest BCUT2D eigenvalue weighted by molar-refractivity contribution is 5.76. The van der Waals surface area contributed by atoms with Crippen molar-refractivity contribution in [1.29, 1.82) is 0 Å². The molecule has 0 saturated carbocycles. The maximum absolute atomic E-state index is 12.6. The smallest absolute Gasteiger partial charge is 0.305 e. The lowest BCUT2D eigenvalue weighted by Crippen LogP contribution is -2.45. The molecule has 94 heavy (non-hydrogen) atoms. The molecule has 0 aromatic carbocycles. The van der Waals surface area contributed by atoms with Crippen LogP contribution in [0.25, 0.3) is 0 Å². The van der Waals surface area contributed by atoms with Gasteiger partial charge in [-0.1, -0.05) is 436 Å². The monoisotopic (exact) mass is 1320 g/mol. The van der Waals surface area contributed by atoms with Crippen molar-refractivity contribution in [2.75, 3.05) is 13.2 Å². The molecule has 0 bridgehead atoms. The van der Waals surface area contributed by atoms with Crippen LogP contribution in [0.2, 0.25) is 0 Å². The number of allylic oxidation sites excluding steroid dienone is 4. The quantitative estimate of drug-likeness (QED) is 0.0320. The summed E-state index contributed by atoms with van der Waals surface area (Å²) in [4.78, 5) is 24.7. The summed E-state index contributed by atoms with van der Waals surface area (Å²) in [6.45, 7) is 5.01. The third kappa shape index (κ3) is 79.3. The maximum atomic E-state index is 12.6. The molecule has 0 aliphatic carbocycles. The molecule has 0 saturated heterocycles. The fourth-order valence-electron chi connectivity index (χ4n) is 14.1. The van der Waals surface area contributed by atoms with Gasteiger partial charge in [-0.15, -0.1) is 0 Å². The average Bonchev–Trinajstić information content (AvgIpc) is 3.63. The van der Waals surface area contributed by atoms with E-state index in [-0.39, 0.29) is 18.5 Å². The number of rotatable bonds is 83. The summed E-state index contributed by atoms with van der Waals surface area (Å²) < 4.78 is 5.50. The van der Waals surface area contributed by atoms with Gasteiger partial charge in [0.15, 0.2) is 0 Å². The Kier molecular flexibility index (Phi) is 82.3. The van der Waals surface area contributed by atoms with Crippen LogP contribution >= 0.6 is 0 Å². The van der Waals surface area contributed by atoms with Crippen LogP contribution in [-0.4, -0.2) is 47.4 Å². The van der Waals surface area contributed by atoms with Gasteiger partial charge in [-0.25, -0.2) is 0 Å². The van der Waals surface area contributed by atoms with Gasteiger partial charge in [0, 0.05) is 12.8 Å². The van der Waals surface area contributed by atoms with Gasteiger partial charge in [0.25, 0.3) is 0 Å². The number of ether oxygens (including phenoxy) is 1. The molecule has 2 unspecified atom stereocenters. The number of hydrogen-bond donors (Lipinski definition) is 3. The molecular weight excluding hydrogens is 1150 g/mol. The first-order valence-corrected chi connectivity index (χ1v) is 43.6. The number of amides is 1. The van der Waals surface area contributed by atoms with Crippen molar-refractivity contribution in [3.63, 3.8) is 0 Å². The van der Waals surface area contributed by atoms with Crippen molar-refractivity contribution in [2.45, 2.75) is 514 Å². The molecule has 0 fully saturated rings. The topological polar surface area (TPSA) is 95.9 Å². The van der Waals surface area contributed by atoms with E-state index in [0.29, 0.717) is 25.9 Å². The number of aliphatic hydroxyl groups excluding tert-OH is 2. The Labute approximate surface area is 590 Å². The van der Waals surface area contributed by atoms with Crippen molar-refractivity contribution < 1.29 is 24.5 Å². The van der Waals surface area contributed by atoms with Gasteiger partial charge < -0.3 is 20.3 Å². The molecular formula is C88H171NO5. The van der Waals surface area contributed by atoms with Gasteiger partial charge in [-0.2, -0.15) is 0 Å². The standard InChI is InChI=1S/C88H171NO5/c1-3-5-7-9-11-13-15-17-19-20-21-22-40-43-46-49-53-56-60-64-68-72-76-80-86(91)85(84-90)89-87(92)81-77-73-69-65-61-57-54-50-47-44-41-38-36-34-32-30-28-26-24-23-25-27-29-31-33-35-37-39-42-45-48-51-55-59-63-67-71-75-79-83-94-88(93)82-78-74-70-66-62-58-52-18-16-14-12-10-8-6-4-2/h18,23-24,52,85-86,90-91H,3-17,19-22,25-51,53-84H2,1-2H3,(H,89,92)/b24-23-,52-18-. The molecule has 0 aliphatic heterocycles. The Morgan fingerprint density at radius 3 is 0.755 bits per heavy atom. The highest BCUT2D eigenvalue weighted by atomic mass is 16.5. The summed E-state index contributed by atoms with van der Waals surface area (Å²) in [7, 11) is 0. The summed E-state index contributed by atoms with van der Waals surface area (Å²) in [5.74, 6) is -0.00879. The van der Waals surface area contributed by atoms with Crippen molar-refractivity contribution in [3.05, 3.63) is 24.3 Å². The molecule has 0 heterocycles. The molecule has 558 valence electrons. The first-order chi connectivity index (χ1) is 46.5. The second kappa shape index (κ2) is 83.8. The van der Waals surface area contributed by atoms with Crippen molar-refractivity contribution >= 4 is 11.9 Å². The lowest BCUT2D eigenvalue weighted by molar-refractivity contribution is -0.143. The number of nitrogens with one attached hydrogen (secondary N) is 1. The minimum absolute atomic E-state index is 0.0156. The number of carbonyl (C=O) groups excluding carboxylic acids is 2. The zero-order valence-electron chi connectivity index (χ0n) is 64.2. The van der Waals surface area contributed by atoms with E-state index in [9.17, 15) is 19.8 Å². The highest BCUT2D eigenvalue weighted by Gasteiger charge is 2.20. The number of carbonyl (C=O) groups is 2. The zero-order valence-corrected chi connectivity index (χ0v) is 64.2. The SMILES string of the molecule is CCCCCCCC/C=C\CCCCCCCC(=O)OCCCCCCCCCCCCCCCCCCCC/C=C\CCCCCCCCCCCCCCCCCCCC(=O)NC(CO)C(O)CCCCCCCCCCCCCCCCCCCCCCCCC. The molecule has 1 amide bonds. The highest BCUT2D eigenvalue weighted by Crippen LogP contribution is 2.21. The zero-order chi connectivity index (χ0) is 67.7. The number of hydrogen-bond acceptors (Lipinski definition) is 5. The third-order valence-corrected chi connectivity index (χ3v) is 20.7. The van der Waals surface area contributed by atoms with Crippen LogP contribution in [-0.2, 0) is 14.3 Å². The first kappa shape index (κ1) is 92.3. The Morgan fingerprint density at radius 2 is 0.500 bits per heavy atom. The molecule has 0 aliphatic rings. The Balaban J connectivity index is 3.33. The Morgan fingerprint density at radius 1 is 0.287 bits per heavy atom. The van der Waals surface area contributed by atoms with Crippen LogP contribution in [0.3, 0.4) is 0 Å². The predicted molar refractivity (Wildman–Crippen MR) is 417 cm³/mol.